The van der Waals surface area contributed by atoms with Gasteiger partial charge in [-0.05, 0) is 37.3 Å². The summed E-state index contributed by atoms with van der Waals surface area (Å²) in [4.78, 5) is 14.5. The molecule has 7 heteroatoms. The summed E-state index contributed by atoms with van der Waals surface area (Å²) in [5, 5.41) is 0.146. The summed E-state index contributed by atoms with van der Waals surface area (Å²) < 4.78 is 10.2. The Bertz CT molecular complexity index is 428. The predicted molar refractivity (Wildman–Crippen MR) is 72.8 cm³/mol. The van der Waals surface area contributed by atoms with Gasteiger partial charge in [0, 0.05) is 19.7 Å². The molecule has 1 saturated carbocycles. The summed E-state index contributed by atoms with van der Waals surface area (Å²) in [5.41, 5.74) is 0. The number of aromatic nitrogens is 3. The molecule has 1 aromatic rings. The SMILES string of the molecule is COCCN(c1nc(Cl)nc(OC)n1)C(C)C1CC1. The monoisotopic (exact) mass is 286 g/mol. The van der Waals surface area contributed by atoms with Gasteiger partial charge in [-0.25, -0.2) is 0 Å². The summed E-state index contributed by atoms with van der Waals surface area (Å²) in [6.45, 7) is 3.51. The molecule has 0 radical (unpaired) electrons. The molecule has 106 valence electrons. The molecule has 1 unspecified atom stereocenters. The number of hydrogen-bond acceptors (Lipinski definition) is 6. The van der Waals surface area contributed by atoms with Crippen LogP contribution in [0.15, 0.2) is 0 Å². The molecule has 0 bridgehead atoms. The Morgan fingerprint density at radius 3 is 2.63 bits per heavy atom. The molecule has 1 aliphatic rings. The highest BCUT2D eigenvalue weighted by molar-refractivity contribution is 6.28. The Morgan fingerprint density at radius 2 is 2.05 bits per heavy atom. The first-order chi connectivity index (χ1) is 9.15. The minimum atomic E-state index is 0.146. The van der Waals surface area contributed by atoms with Gasteiger partial charge in [-0.15, -0.1) is 0 Å². The van der Waals surface area contributed by atoms with E-state index >= 15 is 0 Å². The standard InChI is InChI=1S/C12H19ClN4O2/c1-8(9-4-5-9)17(6-7-18-2)11-14-10(13)15-12(16-11)19-3/h8-9H,4-7H2,1-3H3. The van der Waals surface area contributed by atoms with Gasteiger partial charge in [-0.1, -0.05) is 0 Å². The topological polar surface area (TPSA) is 60.4 Å². The highest BCUT2D eigenvalue weighted by atomic mass is 35.5. The van der Waals surface area contributed by atoms with Gasteiger partial charge in [0.25, 0.3) is 0 Å². The van der Waals surface area contributed by atoms with Crippen LogP contribution in [0.3, 0.4) is 0 Å². The molecule has 0 spiro atoms. The molecule has 1 aliphatic carbocycles. The van der Waals surface area contributed by atoms with E-state index in [1.165, 1.54) is 20.0 Å². The van der Waals surface area contributed by atoms with Crippen LogP contribution in [0.4, 0.5) is 5.95 Å². The van der Waals surface area contributed by atoms with E-state index in [9.17, 15) is 0 Å². The van der Waals surface area contributed by atoms with Crippen LogP contribution in [0.2, 0.25) is 5.28 Å². The maximum absolute atomic E-state index is 5.91. The van der Waals surface area contributed by atoms with Gasteiger partial charge in [0.05, 0.1) is 13.7 Å². The number of nitrogens with zero attached hydrogens (tertiary/aromatic N) is 4. The zero-order chi connectivity index (χ0) is 13.8. The molecular weight excluding hydrogens is 268 g/mol. The van der Waals surface area contributed by atoms with E-state index in [1.807, 2.05) is 0 Å². The fourth-order valence-corrected chi connectivity index (χ4v) is 2.20. The van der Waals surface area contributed by atoms with Gasteiger partial charge < -0.3 is 14.4 Å². The van der Waals surface area contributed by atoms with E-state index in [-0.39, 0.29) is 11.3 Å². The number of anilines is 1. The number of methoxy groups -OCH3 is 2. The first kappa shape index (κ1) is 14.3. The third-order valence-electron chi connectivity index (χ3n) is 3.35. The fourth-order valence-electron chi connectivity index (χ4n) is 2.05. The second-order valence-corrected chi connectivity index (χ2v) is 4.99. The minimum absolute atomic E-state index is 0.146. The Balaban J connectivity index is 2.22. The molecule has 0 saturated heterocycles. The van der Waals surface area contributed by atoms with Gasteiger partial charge in [0.1, 0.15) is 0 Å². The van der Waals surface area contributed by atoms with Crippen LogP contribution >= 0.6 is 11.6 Å². The lowest BCUT2D eigenvalue weighted by Gasteiger charge is -2.29. The van der Waals surface area contributed by atoms with Crippen molar-refractivity contribution in [1.82, 2.24) is 15.0 Å². The van der Waals surface area contributed by atoms with Crippen molar-refractivity contribution >= 4 is 17.5 Å². The third kappa shape index (κ3) is 3.67. The Morgan fingerprint density at radius 1 is 1.32 bits per heavy atom. The molecule has 0 N–H and O–H groups in total. The molecule has 0 aliphatic heterocycles. The zero-order valence-corrected chi connectivity index (χ0v) is 12.2. The Labute approximate surface area is 118 Å². The van der Waals surface area contributed by atoms with Gasteiger partial charge >= 0.3 is 6.01 Å². The first-order valence-electron chi connectivity index (χ1n) is 6.37. The molecule has 2 rings (SSSR count). The van der Waals surface area contributed by atoms with Crippen LogP contribution in [0.25, 0.3) is 0 Å². The van der Waals surface area contributed by atoms with Crippen LogP contribution < -0.4 is 9.64 Å². The van der Waals surface area contributed by atoms with E-state index < -0.39 is 0 Å². The van der Waals surface area contributed by atoms with Crippen LogP contribution in [0.5, 0.6) is 6.01 Å². The van der Waals surface area contributed by atoms with Gasteiger partial charge in [0.15, 0.2) is 0 Å². The molecule has 0 aromatic carbocycles. The second-order valence-electron chi connectivity index (χ2n) is 4.66. The predicted octanol–water partition coefficient (Wildman–Crippen LogP) is 1.78. The summed E-state index contributed by atoms with van der Waals surface area (Å²) in [5.74, 6) is 1.24. The molecule has 1 aromatic heterocycles. The summed E-state index contributed by atoms with van der Waals surface area (Å²) in [7, 11) is 3.19. The van der Waals surface area contributed by atoms with Crippen LogP contribution in [-0.4, -0.2) is 48.4 Å². The lowest BCUT2D eigenvalue weighted by atomic mass is 10.2. The number of hydrogen-bond donors (Lipinski definition) is 0. The lowest BCUT2D eigenvalue weighted by molar-refractivity contribution is 0.202. The van der Waals surface area contributed by atoms with Crippen LogP contribution in [-0.2, 0) is 4.74 Å². The molecule has 0 amide bonds. The summed E-state index contributed by atoms with van der Waals surface area (Å²) >= 11 is 5.91. The molecule has 1 heterocycles. The van der Waals surface area contributed by atoms with Crippen LogP contribution in [0.1, 0.15) is 19.8 Å². The molecule has 6 nitrogen and oxygen atoms in total. The van der Waals surface area contributed by atoms with Crippen LogP contribution in [0, 0.1) is 5.92 Å². The molecule has 1 atom stereocenters. The average Bonchev–Trinajstić information content (AvgIpc) is 3.22. The van der Waals surface area contributed by atoms with E-state index in [1.54, 1.807) is 7.11 Å². The maximum atomic E-state index is 5.91. The minimum Gasteiger partial charge on any atom is -0.467 e. The van der Waals surface area contributed by atoms with Crippen molar-refractivity contribution in [3.05, 3.63) is 5.28 Å². The average molecular weight is 287 g/mol. The van der Waals surface area contributed by atoms with E-state index in [4.69, 9.17) is 21.1 Å². The normalized spacial score (nSPS) is 16.2. The molecular formula is C12H19ClN4O2. The summed E-state index contributed by atoms with van der Waals surface area (Å²) in [6.07, 6.45) is 2.50. The van der Waals surface area contributed by atoms with Crippen molar-refractivity contribution in [2.75, 3.05) is 32.3 Å². The lowest BCUT2D eigenvalue weighted by Crippen LogP contribution is -2.38. The van der Waals surface area contributed by atoms with Gasteiger partial charge in [-0.3, -0.25) is 0 Å². The number of ether oxygens (including phenoxy) is 2. The van der Waals surface area contributed by atoms with Crippen molar-refractivity contribution < 1.29 is 9.47 Å². The van der Waals surface area contributed by atoms with Crippen molar-refractivity contribution in [3.63, 3.8) is 0 Å². The largest absolute Gasteiger partial charge is 0.467 e. The third-order valence-corrected chi connectivity index (χ3v) is 3.52. The van der Waals surface area contributed by atoms with Gasteiger partial charge in [0.2, 0.25) is 11.2 Å². The van der Waals surface area contributed by atoms with Crippen molar-refractivity contribution in [1.29, 1.82) is 0 Å². The highest BCUT2D eigenvalue weighted by Crippen LogP contribution is 2.36. The van der Waals surface area contributed by atoms with E-state index in [0.717, 1.165) is 6.54 Å². The molecule has 19 heavy (non-hydrogen) atoms. The van der Waals surface area contributed by atoms with Crippen molar-refractivity contribution in [3.8, 4) is 6.01 Å². The van der Waals surface area contributed by atoms with Crippen molar-refractivity contribution in [2.45, 2.75) is 25.8 Å². The highest BCUT2D eigenvalue weighted by Gasteiger charge is 2.33. The Hall–Kier alpha value is -1.14. The maximum Gasteiger partial charge on any atom is 0.322 e. The summed E-state index contributed by atoms with van der Waals surface area (Å²) in [6, 6.07) is 0.596. The Kier molecular flexibility index (Phi) is 4.76. The first-order valence-corrected chi connectivity index (χ1v) is 6.74. The number of rotatable bonds is 7. The quantitative estimate of drug-likeness (QED) is 0.761. The fraction of sp³-hybridized carbons (Fsp3) is 0.750. The van der Waals surface area contributed by atoms with E-state index in [2.05, 4.69) is 26.8 Å². The van der Waals surface area contributed by atoms with E-state index in [0.29, 0.717) is 24.5 Å². The number of halogens is 1. The smallest absolute Gasteiger partial charge is 0.322 e. The zero-order valence-electron chi connectivity index (χ0n) is 11.5. The van der Waals surface area contributed by atoms with Crippen molar-refractivity contribution in [2.24, 2.45) is 5.92 Å². The second kappa shape index (κ2) is 6.34. The molecule has 1 fully saturated rings. The van der Waals surface area contributed by atoms with Gasteiger partial charge in [-0.2, -0.15) is 15.0 Å².